The number of hydrogen-bond acceptors (Lipinski definition) is 4. The molecule has 1 saturated heterocycles. The lowest BCUT2D eigenvalue weighted by atomic mass is 9.92. The van der Waals surface area contributed by atoms with Crippen LogP contribution in [0.1, 0.15) is 42.8 Å². The molecule has 2 heterocycles. The lowest BCUT2D eigenvalue weighted by Gasteiger charge is -2.34. The Morgan fingerprint density at radius 1 is 1.20 bits per heavy atom. The minimum absolute atomic E-state index is 0.0233. The van der Waals surface area contributed by atoms with Crippen molar-refractivity contribution in [1.82, 2.24) is 15.5 Å². The summed E-state index contributed by atoms with van der Waals surface area (Å²) in [5.74, 6) is 1.23. The van der Waals surface area contributed by atoms with Crippen molar-refractivity contribution < 1.29 is 9.59 Å². The molecule has 1 fully saturated rings. The van der Waals surface area contributed by atoms with Crippen LogP contribution in [0.25, 0.3) is 0 Å². The number of carbonyl (C=O) groups excluding carboxylic acids is 2. The molecule has 140 valence electrons. The van der Waals surface area contributed by atoms with Crippen molar-refractivity contribution >= 4 is 39.1 Å². The summed E-state index contributed by atoms with van der Waals surface area (Å²) in [7, 11) is 0. The molecule has 0 aliphatic carbocycles. The molecule has 1 aliphatic heterocycles. The fraction of sp³-hybridized carbons (Fsp3) is 0.667. The van der Waals surface area contributed by atoms with E-state index in [1.807, 2.05) is 6.07 Å². The van der Waals surface area contributed by atoms with Gasteiger partial charge in [0.15, 0.2) is 0 Å². The molecule has 0 saturated carbocycles. The van der Waals surface area contributed by atoms with Gasteiger partial charge in [-0.05, 0) is 65.7 Å². The van der Waals surface area contributed by atoms with E-state index in [1.54, 1.807) is 6.07 Å². The summed E-state index contributed by atoms with van der Waals surface area (Å²) in [6, 6.07) is 3.56. The molecule has 2 unspecified atom stereocenters. The third-order valence-electron chi connectivity index (χ3n) is 4.37. The maximum Gasteiger partial charge on any atom is 0.261 e. The van der Waals surface area contributed by atoms with Gasteiger partial charge in [-0.25, -0.2) is 0 Å². The first-order chi connectivity index (χ1) is 11.9. The molecule has 2 atom stereocenters. The van der Waals surface area contributed by atoms with Gasteiger partial charge >= 0.3 is 0 Å². The number of piperidine rings is 1. The van der Waals surface area contributed by atoms with E-state index in [2.05, 4.69) is 45.3 Å². The monoisotopic (exact) mass is 429 g/mol. The molecule has 2 amide bonds. The fourth-order valence-electron chi connectivity index (χ4n) is 3.41. The Hall–Kier alpha value is -0.920. The van der Waals surface area contributed by atoms with E-state index in [0.717, 1.165) is 35.0 Å². The first kappa shape index (κ1) is 20.4. The topological polar surface area (TPSA) is 61.4 Å². The molecule has 0 aromatic carbocycles. The smallest absolute Gasteiger partial charge is 0.261 e. The summed E-state index contributed by atoms with van der Waals surface area (Å²) in [6.07, 6.45) is 3.40. The molecular formula is C18H28BrN3O2S. The summed E-state index contributed by atoms with van der Waals surface area (Å²) in [5.41, 5.74) is 0. The highest BCUT2D eigenvalue weighted by Gasteiger charge is 2.20. The zero-order valence-corrected chi connectivity index (χ0v) is 17.4. The Balaban J connectivity index is 1.53. The van der Waals surface area contributed by atoms with Crippen LogP contribution in [0.4, 0.5) is 0 Å². The number of halogens is 1. The Kier molecular flexibility index (Phi) is 8.39. The average molecular weight is 430 g/mol. The summed E-state index contributed by atoms with van der Waals surface area (Å²) in [6.45, 7) is 8.84. The van der Waals surface area contributed by atoms with Crippen molar-refractivity contribution in [3.63, 3.8) is 0 Å². The van der Waals surface area contributed by atoms with Crippen LogP contribution in [-0.4, -0.2) is 49.4 Å². The van der Waals surface area contributed by atoms with Gasteiger partial charge in [0.2, 0.25) is 5.91 Å². The zero-order valence-electron chi connectivity index (χ0n) is 15.0. The predicted molar refractivity (Wildman–Crippen MR) is 106 cm³/mol. The predicted octanol–water partition coefficient (Wildman–Crippen LogP) is 3.11. The number of rotatable bonds is 8. The zero-order chi connectivity index (χ0) is 18.2. The van der Waals surface area contributed by atoms with Gasteiger partial charge < -0.3 is 15.5 Å². The molecule has 0 radical (unpaired) electrons. The minimum atomic E-state index is -0.209. The van der Waals surface area contributed by atoms with Crippen molar-refractivity contribution in [2.45, 2.75) is 33.1 Å². The molecule has 5 nitrogen and oxygen atoms in total. The highest BCUT2D eigenvalue weighted by molar-refractivity contribution is 9.11. The van der Waals surface area contributed by atoms with Crippen molar-refractivity contribution in [3.05, 3.63) is 20.8 Å². The molecule has 2 rings (SSSR count). The van der Waals surface area contributed by atoms with E-state index < -0.39 is 0 Å². The molecular weight excluding hydrogens is 402 g/mol. The van der Waals surface area contributed by atoms with Gasteiger partial charge in [-0.2, -0.15) is 0 Å². The van der Waals surface area contributed by atoms with Crippen LogP contribution in [0.15, 0.2) is 15.9 Å². The van der Waals surface area contributed by atoms with Crippen LogP contribution in [0, 0.1) is 11.8 Å². The number of hydrogen-bond donors (Lipinski definition) is 2. The molecule has 7 heteroatoms. The molecule has 1 aromatic rings. The summed E-state index contributed by atoms with van der Waals surface area (Å²) in [5, 5.41) is 5.52. The van der Waals surface area contributed by atoms with E-state index >= 15 is 0 Å². The van der Waals surface area contributed by atoms with Gasteiger partial charge in [-0.15, -0.1) is 11.3 Å². The molecule has 0 spiro atoms. The van der Waals surface area contributed by atoms with Crippen LogP contribution in [0.3, 0.4) is 0 Å². The second-order valence-corrected chi connectivity index (χ2v) is 9.51. The van der Waals surface area contributed by atoms with Gasteiger partial charge in [0.25, 0.3) is 5.91 Å². The summed E-state index contributed by atoms with van der Waals surface area (Å²) < 4.78 is 0.902. The van der Waals surface area contributed by atoms with Crippen molar-refractivity contribution in [2.24, 2.45) is 11.8 Å². The first-order valence-electron chi connectivity index (χ1n) is 8.96. The largest absolute Gasteiger partial charge is 0.355 e. The number of nitrogens with zero attached hydrogens (tertiary/aromatic N) is 1. The third-order valence-corrected chi connectivity index (χ3v) is 6.00. The quantitative estimate of drug-likeness (QED) is 0.623. The summed E-state index contributed by atoms with van der Waals surface area (Å²) >= 11 is 4.67. The van der Waals surface area contributed by atoms with Crippen molar-refractivity contribution in [2.75, 3.05) is 32.7 Å². The van der Waals surface area contributed by atoms with Crippen LogP contribution >= 0.6 is 27.3 Å². The van der Waals surface area contributed by atoms with E-state index in [0.29, 0.717) is 11.4 Å². The maximum absolute atomic E-state index is 11.9. The van der Waals surface area contributed by atoms with Gasteiger partial charge in [0, 0.05) is 19.6 Å². The van der Waals surface area contributed by atoms with Gasteiger partial charge in [0.1, 0.15) is 0 Å². The number of unbranched alkanes of at least 4 members (excludes halogenated alkanes) is 1. The maximum atomic E-state index is 11.9. The van der Waals surface area contributed by atoms with Crippen LogP contribution < -0.4 is 10.6 Å². The van der Waals surface area contributed by atoms with Gasteiger partial charge in [-0.1, -0.05) is 13.8 Å². The SMILES string of the molecule is CC1CC(C)CN(CCCCNC(=O)CNC(=O)c2ccc(Br)s2)C1. The van der Waals surface area contributed by atoms with Crippen LogP contribution in [-0.2, 0) is 4.79 Å². The Bertz CT molecular complexity index is 568. The van der Waals surface area contributed by atoms with E-state index in [9.17, 15) is 9.59 Å². The van der Waals surface area contributed by atoms with Gasteiger partial charge in [-0.3, -0.25) is 9.59 Å². The normalized spacial score (nSPS) is 21.1. The van der Waals surface area contributed by atoms with E-state index in [4.69, 9.17) is 0 Å². The van der Waals surface area contributed by atoms with Crippen molar-refractivity contribution in [1.29, 1.82) is 0 Å². The third kappa shape index (κ3) is 7.46. The van der Waals surface area contributed by atoms with Crippen LogP contribution in [0.2, 0.25) is 0 Å². The average Bonchev–Trinajstić information content (AvgIpc) is 2.98. The lowest BCUT2D eigenvalue weighted by molar-refractivity contribution is -0.120. The van der Waals surface area contributed by atoms with Crippen LogP contribution in [0.5, 0.6) is 0 Å². The second-order valence-electron chi connectivity index (χ2n) is 7.05. The molecule has 0 bridgehead atoms. The Morgan fingerprint density at radius 2 is 1.92 bits per heavy atom. The highest BCUT2D eigenvalue weighted by Crippen LogP contribution is 2.22. The number of thiophene rings is 1. The standard InChI is InChI=1S/C18H28BrN3O2S/c1-13-9-14(2)12-22(11-13)8-4-3-7-20-17(23)10-21-18(24)15-5-6-16(19)25-15/h5-6,13-14H,3-4,7-12H2,1-2H3,(H,20,23)(H,21,24). The second kappa shape index (κ2) is 10.3. The number of amides is 2. The Morgan fingerprint density at radius 3 is 2.56 bits per heavy atom. The highest BCUT2D eigenvalue weighted by atomic mass is 79.9. The van der Waals surface area contributed by atoms with E-state index in [-0.39, 0.29) is 18.4 Å². The number of likely N-dealkylation sites (tertiary alicyclic amines) is 1. The molecule has 2 N–H and O–H groups in total. The number of nitrogens with one attached hydrogen (secondary N) is 2. The minimum Gasteiger partial charge on any atom is -0.355 e. The van der Waals surface area contributed by atoms with Crippen molar-refractivity contribution in [3.8, 4) is 0 Å². The number of carbonyl (C=O) groups is 2. The lowest BCUT2D eigenvalue weighted by Crippen LogP contribution is -2.39. The molecule has 1 aromatic heterocycles. The van der Waals surface area contributed by atoms with Gasteiger partial charge in [0.05, 0.1) is 15.2 Å². The Labute approximate surface area is 162 Å². The summed E-state index contributed by atoms with van der Waals surface area (Å²) in [4.78, 5) is 26.8. The molecule has 25 heavy (non-hydrogen) atoms. The first-order valence-corrected chi connectivity index (χ1v) is 10.6. The molecule has 1 aliphatic rings. The van der Waals surface area contributed by atoms with E-state index in [1.165, 1.54) is 30.8 Å². The fourth-order valence-corrected chi connectivity index (χ4v) is 4.71.